The lowest BCUT2D eigenvalue weighted by Gasteiger charge is -2.41. The molecule has 2 unspecified atom stereocenters. The van der Waals surface area contributed by atoms with Crippen molar-refractivity contribution in [1.82, 2.24) is 5.32 Å². The Bertz CT molecular complexity index is 212. The van der Waals surface area contributed by atoms with Gasteiger partial charge in [0.25, 0.3) is 0 Å². The largest absolute Gasteiger partial charge is 0.396 e. The predicted molar refractivity (Wildman–Crippen MR) is 74.6 cm³/mol. The molecule has 108 valence electrons. The highest BCUT2D eigenvalue weighted by molar-refractivity contribution is 4.94. The lowest BCUT2D eigenvalue weighted by atomic mass is 9.85. The fourth-order valence-corrected chi connectivity index (χ4v) is 2.71. The summed E-state index contributed by atoms with van der Waals surface area (Å²) in [6.07, 6.45) is 7.83. The minimum Gasteiger partial charge on any atom is -0.396 e. The van der Waals surface area contributed by atoms with Crippen LogP contribution in [0.25, 0.3) is 0 Å². The summed E-state index contributed by atoms with van der Waals surface area (Å²) in [6, 6.07) is 0. The van der Waals surface area contributed by atoms with Gasteiger partial charge in [0.1, 0.15) is 0 Å². The lowest BCUT2D eigenvalue weighted by molar-refractivity contribution is -0.0306. The van der Waals surface area contributed by atoms with E-state index in [0.717, 1.165) is 51.7 Å². The molecule has 4 heteroatoms. The Morgan fingerprint density at radius 2 is 2.22 bits per heavy atom. The minimum absolute atomic E-state index is 0.0807. The highest BCUT2D eigenvalue weighted by Crippen LogP contribution is 2.26. The van der Waals surface area contributed by atoms with Gasteiger partial charge in [-0.25, -0.2) is 0 Å². The van der Waals surface area contributed by atoms with Crippen molar-refractivity contribution in [3.63, 3.8) is 0 Å². The molecule has 1 rings (SSSR count). The summed E-state index contributed by atoms with van der Waals surface area (Å²) in [4.78, 5) is 0. The Kier molecular flexibility index (Phi) is 7.82. The van der Waals surface area contributed by atoms with E-state index in [9.17, 15) is 0 Å². The number of rotatable bonds is 9. The molecule has 0 aliphatic carbocycles. The number of unbranched alkanes of at least 4 members (excludes halogenated alkanes) is 2. The van der Waals surface area contributed by atoms with Gasteiger partial charge in [0.2, 0.25) is 0 Å². The van der Waals surface area contributed by atoms with E-state index in [2.05, 4.69) is 12.2 Å². The van der Waals surface area contributed by atoms with Gasteiger partial charge in [-0.05, 0) is 45.1 Å². The SMILES string of the molecule is CCCC1CC(CN)(NCCCCCO)CCO1. The van der Waals surface area contributed by atoms with Gasteiger partial charge >= 0.3 is 0 Å². The average molecular weight is 258 g/mol. The summed E-state index contributed by atoms with van der Waals surface area (Å²) in [7, 11) is 0. The van der Waals surface area contributed by atoms with Crippen LogP contribution in [0.4, 0.5) is 0 Å². The van der Waals surface area contributed by atoms with Crippen LogP contribution in [0.1, 0.15) is 51.9 Å². The summed E-state index contributed by atoms with van der Waals surface area (Å²) in [5, 5.41) is 12.4. The number of ether oxygens (including phenoxy) is 1. The fourth-order valence-electron chi connectivity index (χ4n) is 2.71. The van der Waals surface area contributed by atoms with Gasteiger partial charge in [0.05, 0.1) is 6.10 Å². The first-order chi connectivity index (χ1) is 8.76. The summed E-state index contributed by atoms with van der Waals surface area (Å²) >= 11 is 0. The molecule has 1 aliphatic rings. The summed E-state index contributed by atoms with van der Waals surface area (Å²) in [5.74, 6) is 0. The molecule has 0 saturated carbocycles. The molecule has 1 fully saturated rings. The van der Waals surface area contributed by atoms with Crippen LogP contribution in [0.15, 0.2) is 0 Å². The second-order valence-corrected chi connectivity index (χ2v) is 5.43. The maximum atomic E-state index is 8.75. The molecule has 0 aromatic rings. The van der Waals surface area contributed by atoms with Gasteiger partial charge < -0.3 is 20.9 Å². The number of nitrogens with two attached hydrogens (primary N) is 1. The summed E-state index contributed by atoms with van der Waals surface area (Å²) < 4.78 is 5.79. The standard InChI is InChI=1S/C14H30N2O2/c1-2-6-13-11-14(12-15,7-10-18-13)16-8-4-3-5-9-17/h13,16-17H,2-12,15H2,1H3. The van der Waals surface area contributed by atoms with Crippen molar-refractivity contribution in [2.75, 3.05) is 26.3 Å². The molecule has 2 atom stereocenters. The number of hydrogen-bond donors (Lipinski definition) is 3. The second kappa shape index (κ2) is 8.86. The Morgan fingerprint density at radius 1 is 1.39 bits per heavy atom. The van der Waals surface area contributed by atoms with Crippen molar-refractivity contribution in [1.29, 1.82) is 0 Å². The van der Waals surface area contributed by atoms with Crippen molar-refractivity contribution in [2.45, 2.75) is 63.5 Å². The predicted octanol–water partition coefficient (Wildman–Crippen LogP) is 1.42. The third kappa shape index (κ3) is 5.22. The number of aliphatic hydroxyl groups is 1. The first-order valence-electron chi connectivity index (χ1n) is 7.44. The normalized spacial score (nSPS) is 28.5. The Hall–Kier alpha value is -0.160. The maximum Gasteiger partial charge on any atom is 0.0593 e. The smallest absolute Gasteiger partial charge is 0.0593 e. The van der Waals surface area contributed by atoms with E-state index in [1.54, 1.807) is 0 Å². The summed E-state index contributed by atoms with van der Waals surface area (Å²) in [6.45, 7) is 5.01. The fraction of sp³-hybridized carbons (Fsp3) is 1.00. The van der Waals surface area contributed by atoms with Crippen LogP contribution in [0.2, 0.25) is 0 Å². The molecular weight excluding hydrogens is 228 g/mol. The highest BCUT2D eigenvalue weighted by atomic mass is 16.5. The van der Waals surface area contributed by atoms with E-state index in [1.165, 1.54) is 6.42 Å². The molecule has 1 heterocycles. The van der Waals surface area contributed by atoms with Crippen molar-refractivity contribution >= 4 is 0 Å². The van der Waals surface area contributed by atoms with E-state index >= 15 is 0 Å². The second-order valence-electron chi connectivity index (χ2n) is 5.43. The van der Waals surface area contributed by atoms with Crippen molar-refractivity contribution in [2.24, 2.45) is 5.73 Å². The molecular formula is C14H30N2O2. The molecule has 0 radical (unpaired) electrons. The van der Waals surface area contributed by atoms with E-state index in [0.29, 0.717) is 19.3 Å². The number of hydrogen-bond acceptors (Lipinski definition) is 4. The van der Waals surface area contributed by atoms with Crippen LogP contribution < -0.4 is 11.1 Å². The van der Waals surface area contributed by atoms with Crippen LogP contribution in [0, 0.1) is 0 Å². The quantitative estimate of drug-likeness (QED) is 0.547. The van der Waals surface area contributed by atoms with E-state index < -0.39 is 0 Å². The molecule has 1 aliphatic heterocycles. The van der Waals surface area contributed by atoms with Gasteiger partial charge in [-0.2, -0.15) is 0 Å². The monoisotopic (exact) mass is 258 g/mol. The van der Waals surface area contributed by atoms with Crippen LogP contribution in [0.5, 0.6) is 0 Å². The molecule has 1 saturated heterocycles. The maximum absolute atomic E-state index is 8.75. The van der Waals surface area contributed by atoms with Gasteiger partial charge in [-0.1, -0.05) is 13.3 Å². The molecule has 4 N–H and O–H groups in total. The van der Waals surface area contributed by atoms with E-state index in [4.69, 9.17) is 15.6 Å². The highest BCUT2D eigenvalue weighted by Gasteiger charge is 2.34. The van der Waals surface area contributed by atoms with E-state index in [-0.39, 0.29) is 5.54 Å². The third-order valence-corrected chi connectivity index (χ3v) is 3.89. The molecule has 0 amide bonds. The molecule has 18 heavy (non-hydrogen) atoms. The lowest BCUT2D eigenvalue weighted by Crippen LogP contribution is -2.56. The average Bonchev–Trinajstić information content (AvgIpc) is 2.39. The Balaban J connectivity index is 2.31. The van der Waals surface area contributed by atoms with Crippen molar-refractivity contribution < 1.29 is 9.84 Å². The number of nitrogens with one attached hydrogen (secondary N) is 1. The summed E-state index contributed by atoms with van der Waals surface area (Å²) in [5.41, 5.74) is 6.06. The zero-order valence-electron chi connectivity index (χ0n) is 11.8. The van der Waals surface area contributed by atoms with Gasteiger partial charge in [0, 0.05) is 25.3 Å². The van der Waals surface area contributed by atoms with Crippen LogP contribution in [0.3, 0.4) is 0 Å². The van der Waals surface area contributed by atoms with Crippen LogP contribution in [-0.2, 0) is 4.74 Å². The van der Waals surface area contributed by atoms with Gasteiger partial charge in [0.15, 0.2) is 0 Å². The minimum atomic E-state index is 0.0807. The van der Waals surface area contributed by atoms with Crippen molar-refractivity contribution in [3.8, 4) is 0 Å². The molecule has 0 spiro atoms. The molecule has 0 bridgehead atoms. The Labute approximate surface area is 111 Å². The zero-order valence-corrected chi connectivity index (χ0v) is 11.8. The molecule has 0 aromatic heterocycles. The number of aliphatic hydroxyl groups excluding tert-OH is 1. The molecule has 4 nitrogen and oxygen atoms in total. The molecule has 0 aromatic carbocycles. The topological polar surface area (TPSA) is 67.5 Å². The Morgan fingerprint density at radius 3 is 2.89 bits per heavy atom. The zero-order chi connectivity index (χ0) is 13.3. The third-order valence-electron chi connectivity index (χ3n) is 3.89. The van der Waals surface area contributed by atoms with Crippen molar-refractivity contribution in [3.05, 3.63) is 0 Å². The van der Waals surface area contributed by atoms with Gasteiger partial charge in [-0.3, -0.25) is 0 Å². The van der Waals surface area contributed by atoms with Gasteiger partial charge in [-0.15, -0.1) is 0 Å². The van der Waals surface area contributed by atoms with Crippen LogP contribution >= 0.6 is 0 Å². The van der Waals surface area contributed by atoms with Crippen LogP contribution in [-0.4, -0.2) is 43.1 Å². The first kappa shape index (κ1) is 15.9. The van der Waals surface area contributed by atoms with E-state index in [1.807, 2.05) is 0 Å². The first-order valence-corrected chi connectivity index (χ1v) is 7.44.